The second-order valence-electron chi connectivity index (χ2n) is 8.75. The molecule has 0 amide bonds. The number of halogens is 2. The number of benzene rings is 1. The molecule has 2 aliphatic rings. The van der Waals surface area contributed by atoms with Gasteiger partial charge in [-0.25, -0.2) is 13.8 Å². The first-order chi connectivity index (χ1) is 16.4. The van der Waals surface area contributed by atoms with Gasteiger partial charge >= 0.3 is 0 Å². The summed E-state index contributed by atoms with van der Waals surface area (Å²) in [6, 6.07) is 7.53. The minimum absolute atomic E-state index is 0.207. The maximum Gasteiger partial charge on any atom is 0.166 e. The lowest BCUT2D eigenvalue weighted by Gasteiger charge is -2.23. The zero-order chi connectivity index (χ0) is 23.8. The van der Waals surface area contributed by atoms with Crippen LogP contribution in [0.15, 0.2) is 59.5 Å². The van der Waals surface area contributed by atoms with Crippen LogP contribution in [0.2, 0.25) is 0 Å². The summed E-state index contributed by atoms with van der Waals surface area (Å²) in [6.07, 6.45) is 6.32. The van der Waals surface area contributed by atoms with Gasteiger partial charge in [0.1, 0.15) is 17.7 Å². The summed E-state index contributed by atoms with van der Waals surface area (Å²) in [5.41, 5.74) is 16.6. The van der Waals surface area contributed by atoms with Gasteiger partial charge in [0, 0.05) is 35.9 Å². The van der Waals surface area contributed by atoms with Crippen molar-refractivity contribution in [2.24, 2.45) is 16.6 Å². The Bertz CT molecular complexity index is 1320. The molecule has 174 valence electrons. The second-order valence-corrected chi connectivity index (χ2v) is 8.75. The molecule has 1 aliphatic carbocycles. The van der Waals surface area contributed by atoms with Crippen LogP contribution in [0.1, 0.15) is 42.7 Å². The van der Waals surface area contributed by atoms with Crippen LogP contribution in [0, 0.1) is 17.6 Å². The largest absolute Gasteiger partial charge is 0.482 e. The summed E-state index contributed by atoms with van der Waals surface area (Å²) in [6.45, 7) is 2.46. The van der Waals surface area contributed by atoms with Gasteiger partial charge in [-0.15, -0.1) is 0 Å². The summed E-state index contributed by atoms with van der Waals surface area (Å²) in [4.78, 5) is 13.6. The van der Waals surface area contributed by atoms with Gasteiger partial charge in [0.05, 0.1) is 17.6 Å². The van der Waals surface area contributed by atoms with Crippen LogP contribution < -0.4 is 16.2 Å². The van der Waals surface area contributed by atoms with E-state index in [9.17, 15) is 8.78 Å². The molecule has 1 atom stereocenters. The standard InChI is InChI=1S/C26H25F2N5O/c1-14-21-8-18(27)4-5-20(21)22-9-19(28)13-31-23(22)6-16(10-29)25(32-11-15-2-3-15)17-7-24(34-14)26(30)33-12-17/h4-5,7-10,12-15H,2-3,6,11,29H2,1H3,(H2,30,33). The molecule has 3 aromatic rings. The summed E-state index contributed by atoms with van der Waals surface area (Å²) in [5, 5.41) is 0. The predicted octanol–water partition coefficient (Wildman–Crippen LogP) is 4.74. The Morgan fingerprint density at radius 3 is 2.68 bits per heavy atom. The van der Waals surface area contributed by atoms with Crippen molar-refractivity contribution < 1.29 is 13.5 Å². The molecule has 2 aromatic heterocycles. The topological polar surface area (TPSA) is 99.4 Å². The molecule has 0 saturated heterocycles. The Labute approximate surface area is 196 Å². The highest BCUT2D eigenvalue weighted by molar-refractivity contribution is 6.13. The summed E-state index contributed by atoms with van der Waals surface area (Å²) >= 11 is 0. The summed E-state index contributed by atoms with van der Waals surface area (Å²) < 4.78 is 34.8. The molecule has 1 saturated carbocycles. The van der Waals surface area contributed by atoms with E-state index in [1.165, 1.54) is 30.6 Å². The highest BCUT2D eigenvalue weighted by Gasteiger charge is 2.25. The number of nitrogens with two attached hydrogens (primary N) is 2. The molecule has 4 N–H and O–H groups in total. The van der Waals surface area contributed by atoms with Crippen LogP contribution >= 0.6 is 0 Å². The molecule has 0 radical (unpaired) electrons. The normalized spacial score (nSPS) is 20.1. The van der Waals surface area contributed by atoms with Gasteiger partial charge in [-0.2, -0.15) is 0 Å². The molecule has 1 fully saturated rings. The number of hydrogen-bond donors (Lipinski definition) is 2. The Morgan fingerprint density at radius 1 is 1.09 bits per heavy atom. The number of anilines is 1. The first-order valence-electron chi connectivity index (χ1n) is 11.2. The van der Waals surface area contributed by atoms with Crippen molar-refractivity contribution in [3.05, 3.63) is 83.0 Å². The number of nitrogen functional groups attached to an aromatic ring is 1. The maximum atomic E-state index is 14.4. The lowest BCUT2D eigenvalue weighted by molar-refractivity contribution is 0.227. The molecule has 1 aliphatic heterocycles. The first-order valence-corrected chi connectivity index (χ1v) is 11.2. The van der Waals surface area contributed by atoms with Crippen molar-refractivity contribution in [3.8, 4) is 16.9 Å². The molecule has 1 aromatic carbocycles. The molecular weight excluding hydrogens is 436 g/mol. The average molecular weight is 462 g/mol. The number of allylic oxidation sites excluding steroid dienone is 1. The molecule has 5 rings (SSSR count). The molecule has 1 unspecified atom stereocenters. The lowest BCUT2D eigenvalue weighted by Crippen LogP contribution is -2.16. The molecule has 3 heterocycles. The third-order valence-corrected chi connectivity index (χ3v) is 6.21. The van der Waals surface area contributed by atoms with Crippen molar-refractivity contribution in [2.45, 2.75) is 32.3 Å². The SMILES string of the molecule is CC1Oc2cc(cnc2N)C(=NCC2CC2)C(=CN)Cc2ncc(F)cc2-c2ccc(F)cc21. The van der Waals surface area contributed by atoms with Crippen LogP contribution in [0.25, 0.3) is 11.1 Å². The number of aromatic nitrogens is 2. The van der Waals surface area contributed by atoms with Crippen molar-refractivity contribution in [1.29, 1.82) is 0 Å². The third kappa shape index (κ3) is 4.35. The van der Waals surface area contributed by atoms with Gasteiger partial charge in [-0.1, -0.05) is 6.07 Å². The van der Waals surface area contributed by atoms with Crippen molar-refractivity contribution in [1.82, 2.24) is 9.97 Å². The number of pyridine rings is 2. The predicted molar refractivity (Wildman–Crippen MR) is 127 cm³/mol. The minimum atomic E-state index is -0.600. The van der Waals surface area contributed by atoms with Crippen LogP contribution in [-0.2, 0) is 6.42 Å². The van der Waals surface area contributed by atoms with Gasteiger partial charge in [-0.3, -0.25) is 9.98 Å². The highest BCUT2D eigenvalue weighted by Crippen LogP contribution is 2.37. The quantitative estimate of drug-likeness (QED) is 0.574. The third-order valence-electron chi connectivity index (χ3n) is 6.21. The molecular formula is C26H25F2N5O. The number of fused-ring (bicyclic) bond motifs is 5. The Balaban J connectivity index is 1.74. The van der Waals surface area contributed by atoms with E-state index >= 15 is 0 Å². The van der Waals surface area contributed by atoms with E-state index in [0.29, 0.717) is 58.3 Å². The summed E-state index contributed by atoms with van der Waals surface area (Å²) in [5.74, 6) is 0.206. The molecule has 6 nitrogen and oxygen atoms in total. The fourth-order valence-corrected chi connectivity index (χ4v) is 4.19. The van der Waals surface area contributed by atoms with Gasteiger partial charge in [0.15, 0.2) is 11.6 Å². The Kier molecular flexibility index (Phi) is 5.73. The molecule has 0 spiro atoms. The van der Waals surface area contributed by atoms with E-state index < -0.39 is 17.7 Å². The van der Waals surface area contributed by atoms with Gasteiger partial charge in [0.2, 0.25) is 0 Å². The van der Waals surface area contributed by atoms with E-state index in [0.717, 1.165) is 18.4 Å². The van der Waals surface area contributed by atoms with Crippen LogP contribution in [0.3, 0.4) is 0 Å². The van der Waals surface area contributed by atoms with E-state index in [1.807, 2.05) is 0 Å². The van der Waals surface area contributed by atoms with E-state index in [2.05, 4.69) is 9.97 Å². The first kappa shape index (κ1) is 22.0. The molecule has 34 heavy (non-hydrogen) atoms. The highest BCUT2D eigenvalue weighted by atomic mass is 19.1. The van der Waals surface area contributed by atoms with E-state index in [1.54, 1.807) is 25.3 Å². The van der Waals surface area contributed by atoms with Gasteiger partial charge in [0.25, 0.3) is 0 Å². The van der Waals surface area contributed by atoms with Crippen LogP contribution in [0.4, 0.5) is 14.6 Å². The number of hydrogen-bond acceptors (Lipinski definition) is 6. The number of ether oxygens (including phenoxy) is 1. The van der Waals surface area contributed by atoms with Crippen LogP contribution in [0.5, 0.6) is 5.75 Å². The summed E-state index contributed by atoms with van der Waals surface area (Å²) in [7, 11) is 0. The van der Waals surface area contributed by atoms with Gasteiger partial charge in [-0.05, 0) is 67.3 Å². The minimum Gasteiger partial charge on any atom is -0.482 e. The smallest absolute Gasteiger partial charge is 0.166 e. The van der Waals surface area contributed by atoms with E-state index in [4.69, 9.17) is 21.2 Å². The number of aliphatic imine (C=N–C) groups is 1. The molecule has 8 heteroatoms. The zero-order valence-electron chi connectivity index (χ0n) is 18.8. The van der Waals surface area contributed by atoms with Crippen molar-refractivity contribution >= 4 is 11.5 Å². The average Bonchev–Trinajstić information content (AvgIpc) is 3.65. The number of rotatable bonds is 2. The monoisotopic (exact) mass is 461 g/mol. The fourth-order valence-electron chi connectivity index (χ4n) is 4.19. The maximum absolute atomic E-state index is 14.4. The zero-order valence-corrected chi connectivity index (χ0v) is 18.8. The Hall–Kier alpha value is -3.81. The van der Waals surface area contributed by atoms with Crippen molar-refractivity contribution in [2.75, 3.05) is 12.3 Å². The van der Waals surface area contributed by atoms with Gasteiger partial charge < -0.3 is 16.2 Å². The van der Waals surface area contributed by atoms with E-state index in [-0.39, 0.29) is 5.82 Å². The van der Waals surface area contributed by atoms with Crippen molar-refractivity contribution in [3.63, 3.8) is 0 Å². The second kappa shape index (κ2) is 8.85. The Morgan fingerprint density at radius 2 is 1.91 bits per heavy atom. The lowest BCUT2D eigenvalue weighted by atomic mass is 9.91. The molecule has 2 bridgehead atoms. The number of nitrogens with zero attached hydrogens (tertiary/aromatic N) is 3. The fraction of sp³-hybridized carbons (Fsp3) is 0.269. The van der Waals surface area contributed by atoms with Crippen LogP contribution in [-0.4, -0.2) is 22.2 Å².